The van der Waals surface area contributed by atoms with Gasteiger partial charge in [-0.25, -0.2) is 4.79 Å². The maximum atomic E-state index is 10.8. The molecule has 0 saturated heterocycles. The Hall–Kier alpha value is -0.910. The van der Waals surface area contributed by atoms with Crippen molar-refractivity contribution < 1.29 is 14.6 Å². The molecule has 1 heterocycles. The van der Waals surface area contributed by atoms with Crippen molar-refractivity contribution in [2.24, 2.45) is 0 Å². The standard InChI is InChI=1S/C11H17NO3S/c1-3-15-5-4-12-7-9-6-10(11(13)14)16-8(9)2/h6,12H,3-5,7H2,1-2H3,(H,13,14). The number of carboxylic acids is 1. The third-order valence-corrected chi connectivity index (χ3v) is 3.25. The smallest absolute Gasteiger partial charge is 0.345 e. The predicted molar refractivity (Wildman–Crippen MR) is 64.2 cm³/mol. The summed E-state index contributed by atoms with van der Waals surface area (Å²) in [5.41, 5.74) is 1.05. The first-order valence-corrected chi connectivity index (χ1v) is 6.07. The van der Waals surface area contributed by atoms with Gasteiger partial charge in [-0.15, -0.1) is 11.3 Å². The van der Waals surface area contributed by atoms with Crippen LogP contribution in [0.1, 0.15) is 27.0 Å². The fourth-order valence-electron chi connectivity index (χ4n) is 1.31. The topological polar surface area (TPSA) is 58.6 Å². The van der Waals surface area contributed by atoms with Gasteiger partial charge in [-0.1, -0.05) is 0 Å². The second kappa shape index (κ2) is 6.62. The maximum Gasteiger partial charge on any atom is 0.345 e. The van der Waals surface area contributed by atoms with Crippen LogP contribution in [-0.2, 0) is 11.3 Å². The number of rotatable bonds is 7. The molecule has 0 bridgehead atoms. The van der Waals surface area contributed by atoms with E-state index in [4.69, 9.17) is 9.84 Å². The molecule has 16 heavy (non-hydrogen) atoms. The monoisotopic (exact) mass is 243 g/mol. The Labute approximate surface area is 99.2 Å². The maximum absolute atomic E-state index is 10.8. The van der Waals surface area contributed by atoms with E-state index in [0.717, 1.165) is 23.6 Å². The van der Waals surface area contributed by atoms with E-state index >= 15 is 0 Å². The van der Waals surface area contributed by atoms with Gasteiger partial charge < -0.3 is 15.2 Å². The van der Waals surface area contributed by atoms with Gasteiger partial charge in [0.25, 0.3) is 0 Å². The Kier molecular flexibility index (Phi) is 5.45. The Morgan fingerprint density at radius 1 is 1.62 bits per heavy atom. The van der Waals surface area contributed by atoms with Crippen molar-refractivity contribution in [1.29, 1.82) is 0 Å². The summed E-state index contributed by atoms with van der Waals surface area (Å²) in [4.78, 5) is 12.2. The van der Waals surface area contributed by atoms with E-state index < -0.39 is 5.97 Å². The molecule has 1 aromatic rings. The van der Waals surface area contributed by atoms with Gasteiger partial charge in [-0.05, 0) is 25.5 Å². The summed E-state index contributed by atoms with van der Waals surface area (Å²) in [6, 6.07) is 1.73. The molecule has 0 aliphatic heterocycles. The summed E-state index contributed by atoms with van der Waals surface area (Å²) >= 11 is 1.32. The SMILES string of the molecule is CCOCCNCc1cc(C(=O)O)sc1C. The quantitative estimate of drug-likeness (QED) is 0.718. The Balaban J connectivity index is 2.39. The van der Waals surface area contributed by atoms with Crippen molar-refractivity contribution in [2.75, 3.05) is 19.8 Å². The fourth-order valence-corrected chi connectivity index (χ4v) is 2.19. The van der Waals surface area contributed by atoms with Crippen molar-refractivity contribution in [3.63, 3.8) is 0 Å². The average molecular weight is 243 g/mol. The lowest BCUT2D eigenvalue weighted by atomic mass is 10.2. The number of aromatic carboxylic acids is 1. The lowest BCUT2D eigenvalue weighted by Crippen LogP contribution is -2.19. The molecule has 0 radical (unpaired) electrons. The van der Waals surface area contributed by atoms with E-state index in [1.54, 1.807) is 6.07 Å². The number of thiophene rings is 1. The molecule has 0 aromatic carbocycles. The molecule has 1 rings (SSSR count). The summed E-state index contributed by atoms with van der Waals surface area (Å²) in [5.74, 6) is -0.853. The number of hydrogen-bond acceptors (Lipinski definition) is 4. The lowest BCUT2D eigenvalue weighted by Gasteiger charge is -2.03. The predicted octanol–water partition coefficient (Wildman–Crippen LogP) is 1.88. The highest BCUT2D eigenvalue weighted by atomic mass is 32.1. The molecule has 5 heteroatoms. The van der Waals surface area contributed by atoms with Crippen LogP contribution in [0.3, 0.4) is 0 Å². The zero-order valence-corrected chi connectivity index (χ0v) is 10.4. The van der Waals surface area contributed by atoms with Gasteiger partial charge in [-0.3, -0.25) is 0 Å². The van der Waals surface area contributed by atoms with Crippen molar-refractivity contribution in [2.45, 2.75) is 20.4 Å². The minimum Gasteiger partial charge on any atom is -0.477 e. The van der Waals surface area contributed by atoms with Crippen LogP contribution in [0.5, 0.6) is 0 Å². The number of hydrogen-bond donors (Lipinski definition) is 2. The molecule has 4 nitrogen and oxygen atoms in total. The second-order valence-electron chi connectivity index (χ2n) is 3.37. The van der Waals surface area contributed by atoms with E-state index in [9.17, 15) is 4.79 Å². The van der Waals surface area contributed by atoms with Gasteiger partial charge in [-0.2, -0.15) is 0 Å². The van der Waals surface area contributed by atoms with Crippen LogP contribution in [0.4, 0.5) is 0 Å². The Bertz CT molecular complexity index is 349. The van der Waals surface area contributed by atoms with Crippen LogP contribution in [-0.4, -0.2) is 30.8 Å². The van der Waals surface area contributed by atoms with Crippen molar-refractivity contribution in [1.82, 2.24) is 5.32 Å². The summed E-state index contributed by atoms with van der Waals surface area (Å²) in [6.07, 6.45) is 0. The van der Waals surface area contributed by atoms with Crippen LogP contribution in [0.15, 0.2) is 6.07 Å². The van der Waals surface area contributed by atoms with E-state index in [-0.39, 0.29) is 0 Å². The van der Waals surface area contributed by atoms with Crippen LogP contribution < -0.4 is 5.32 Å². The first kappa shape index (κ1) is 13.2. The molecule has 0 unspecified atom stereocenters. The molecule has 1 aromatic heterocycles. The lowest BCUT2D eigenvalue weighted by molar-refractivity contribution is 0.0702. The summed E-state index contributed by atoms with van der Waals surface area (Å²) in [6.45, 7) is 6.79. The van der Waals surface area contributed by atoms with Crippen molar-refractivity contribution >= 4 is 17.3 Å². The highest BCUT2D eigenvalue weighted by Crippen LogP contribution is 2.21. The second-order valence-corrected chi connectivity index (χ2v) is 4.63. The van der Waals surface area contributed by atoms with Gasteiger partial charge in [0.2, 0.25) is 0 Å². The fraction of sp³-hybridized carbons (Fsp3) is 0.545. The molecule has 0 fully saturated rings. The summed E-state index contributed by atoms with van der Waals surface area (Å²) < 4.78 is 5.19. The van der Waals surface area contributed by atoms with Gasteiger partial charge in [0.15, 0.2) is 0 Å². The number of aryl methyl sites for hydroxylation is 1. The molecule has 0 spiro atoms. The van der Waals surface area contributed by atoms with Crippen LogP contribution in [0.25, 0.3) is 0 Å². The van der Waals surface area contributed by atoms with Crippen molar-refractivity contribution in [3.05, 3.63) is 21.4 Å². The molecule has 0 aliphatic carbocycles. The number of carboxylic acid groups (broad SMARTS) is 1. The average Bonchev–Trinajstić information content (AvgIpc) is 2.60. The van der Waals surface area contributed by atoms with Gasteiger partial charge in [0.1, 0.15) is 4.88 Å². The highest BCUT2D eigenvalue weighted by molar-refractivity contribution is 7.14. The molecular formula is C11H17NO3S. The number of ether oxygens (including phenoxy) is 1. The van der Waals surface area contributed by atoms with E-state index in [0.29, 0.717) is 18.0 Å². The highest BCUT2D eigenvalue weighted by Gasteiger charge is 2.10. The first-order chi connectivity index (χ1) is 7.65. The van der Waals surface area contributed by atoms with Gasteiger partial charge in [0.05, 0.1) is 6.61 Å². The van der Waals surface area contributed by atoms with E-state index in [1.165, 1.54) is 11.3 Å². The molecule has 90 valence electrons. The molecule has 2 N–H and O–H groups in total. The van der Waals surface area contributed by atoms with Crippen molar-refractivity contribution in [3.8, 4) is 0 Å². The van der Waals surface area contributed by atoms with E-state index in [2.05, 4.69) is 5.32 Å². The third kappa shape index (κ3) is 3.92. The number of carbonyl (C=O) groups is 1. The zero-order valence-electron chi connectivity index (χ0n) is 9.58. The van der Waals surface area contributed by atoms with Gasteiger partial charge >= 0.3 is 5.97 Å². The minimum atomic E-state index is -0.853. The summed E-state index contributed by atoms with van der Waals surface area (Å²) in [7, 11) is 0. The molecule has 0 atom stereocenters. The van der Waals surface area contributed by atoms with Crippen LogP contribution in [0.2, 0.25) is 0 Å². The minimum absolute atomic E-state index is 0.402. The molecular weight excluding hydrogens is 226 g/mol. The molecule has 0 amide bonds. The zero-order chi connectivity index (χ0) is 12.0. The number of nitrogens with one attached hydrogen (secondary N) is 1. The van der Waals surface area contributed by atoms with Gasteiger partial charge in [0, 0.05) is 24.6 Å². The largest absolute Gasteiger partial charge is 0.477 e. The van der Waals surface area contributed by atoms with E-state index in [1.807, 2.05) is 13.8 Å². The Morgan fingerprint density at radius 3 is 2.94 bits per heavy atom. The van der Waals surface area contributed by atoms with Crippen LogP contribution >= 0.6 is 11.3 Å². The molecule has 0 saturated carbocycles. The molecule has 0 aliphatic rings. The Morgan fingerprint density at radius 2 is 2.38 bits per heavy atom. The normalized spacial score (nSPS) is 10.6. The first-order valence-electron chi connectivity index (χ1n) is 5.26. The van der Waals surface area contributed by atoms with Crippen LogP contribution in [0, 0.1) is 6.92 Å². The summed E-state index contributed by atoms with van der Waals surface area (Å²) in [5, 5.41) is 12.1. The third-order valence-electron chi connectivity index (χ3n) is 2.17.